The molecule has 2 heterocycles. The van der Waals surface area contributed by atoms with Gasteiger partial charge in [0.1, 0.15) is 17.4 Å². The molecule has 0 unspecified atom stereocenters. The van der Waals surface area contributed by atoms with E-state index in [0.29, 0.717) is 24.6 Å². The Morgan fingerprint density at radius 1 is 1.12 bits per heavy atom. The summed E-state index contributed by atoms with van der Waals surface area (Å²) in [5.41, 5.74) is 1.20. The van der Waals surface area contributed by atoms with Gasteiger partial charge < -0.3 is 15.0 Å². The predicted molar refractivity (Wildman–Crippen MR) is 129 cm³/mol. The fraction of sp³-hybridized carbons (Fsp3) is 0.346. The molecule has 3 aromatic rings. The molecule has 1 atom stereocenters. The summed E-state index contributed by atoms with van der Waals surface area (Å²) < 4.78 is 20.2. The molecule has 1 fully saturated rings. The third kappa shape index (κ3) is 5.81. The Morgan fingerprint density at radius 2 is 1.85 bits per heavy atom. The summed E-state index contributed by atoms with van der Waals surface area (Å²) in [6.07, 6.45) is 1.75. The zero-order valence-electron chi connectivity index (χ0n) is 19.4. The molecular formula is C26H29FN4O3. The molecule has 2 aromatic carbocycles. The molecule has 1 aromatic heterocycles. The van der Waals surface area contributed by atoms with Gasteiger partial charge >= 0.3 is 0 Å². The molecule has 0 saturated carbocycles. The summed E-state index contributed by atoms with van der Waals surface area (Å²) in [5.74, 6) is 0.867. The zero-order chi connectivity index (χ0) is 24.1. The summed E-state index contributed by atoms with van der Waals surface area (Å²) in [4.78, 5) is 27.2. The van der Waals surface area contributed by atoms with Gasteiger partial charge in [0.15, 0.2) is 0 Å². The second-order valence-corrected chi connectivity index (χ2v) is 8.73. The number of rotatable bonds is 7. The topological polar surface area (TPSA) is 76.5 Å². The first kappa shape index (κ1) is 23.5. The molecule has 0 bridgehead atoms. The number of nitrogens with one attached hydrogen (secondary N) is 1. The van der Waals surface area contributed by atoms with E-state index < -0.39 is 0 Å². The molecule has 7 nitrogen and oxygen atoms in total. The molecule has 1 aliphatic heterocycles. The van der Waals surface area contributed by atoms with E-state index in [1.54, 1.807) is 6.07 Å². The first-order valence-corrected chi connectivity index (χ1v) is 11.5. The first-order chi connectivity index (χ1) is 16.4. The molecule has 1 N–H and O–H groups in total. The SMILES string of the molecule is CC(C)Oc1ccc(CNC(=O)[C@H]2CCCN(c3ccc(=O)n(-c4ccc(F)cc4)n3)C2)cc1. The molecule has 1 saturated heterocycles. The van der Waals surface area contributed by atoms with Crippen LogP contribution in [0.15, 0.2) is 65.5 Å². The number of benzene rings is 2. The summed E-state index contributed by atoms with van der Waals surface area (Å²) in [6, 6.07) is 16.5. The lowest BCUT2D eigenvalue weighted by Gasteiger charge is -2.33. The first-order valence-electron chi connectivity index (χ1n) is 11.5. The summed E-state index contributed by atoms with van der Waals surface area (Å²) in [7, 11) is 0. The second-order valence-electron chi connectivity index (χ2n) is 8.73. The third-order valence-electron chi connectivity index (χ3n) is 5.74. The number of nitrogens with zero attached hydrogens (tertiary/aromatic N) is 3. The van der Waals surface area contributed by atoms with Crippen molar-refractivity contribution in [2.75, 3.05) is 18.0 Å². The van der Waals surface area contributed by atoms with Crippen LogP contribution < -0.4 is 20.5 Å². The van der Waals surface area contributed by atoms with Crippen LogP contribution in [0.1, 0.15) is 32.3 Å². The van der Waals surface area contributed by atoms with Crippen LogP contribution in [0.2, 0.25) is 0 Å². The van der Waals surface area contributed by atoms with Crippen molar-refractivity contribution in [1.82, 2.24) is 15.1 Å². The number of carbonyl (C=O) groups is 1. The van der Waals surface area contributed by atoms with Crippen LogP contribution in [-0.4, -0.2) is 34.9 Å². The molecule has 0 radical (unpaired) electrons. The Labute approximate surface area is 198 Å². The highest BCUT2D eigenvalue weighted by Gasteiger charge is 2.27. The number of piperidine rings is 1. The van der Waals surface area contributed by atoms with Crippen LogP contribution in [0, 0.1) is 11.7 Å². The monoisotopic (exact) mass is 464 g/mol. The van der Waals surface area contributed by atoms with E-state index in [4.69, 9.17) is 4.74 Å². The van der Waals surface area contributed by atoms with E-state index in [1.807, 2.05) is 43.0 Å². The number of aromatic nitrogens is 2. The maximum atomic E-state index is 13.3. The van der Waals surface area contributed by atoms with Crippen LogP contribution in [0.4, 0.5) is 10.2 Å². The van der Waals surface area contributed by atoms with Gasteiger partial charge in [0.25, 0.3) is 5.56 Å². The van der Waals surface area contributed by atoms with Crippen molar-refractivity contribution in [3.63, 3.8) is 0 Å². The van der Waals surface area contributed by atoms with Gasteiger partial charge in [-0.1, -0.05) is 12.1 Å². The van der Waals surface area contributed by atoms with Gasteiger partial charge in [0.05, 0.1) is 17.7 Å². The molecule has 1 amide bonds. The Hall–Kier alpha value is -3.68. The van der Waals surface area contributed by atoms with Gasteiger partial charge in [-0.3, -0.25) is 9.59 Å². The van der Waals surface area contributed by atoms with Crippen LogP contribution in [-0.2, 0) is 11.3 Å². The Balaban J connectivity index is 1.39. The molecule has 34 heavy (non-hydrogen) atoms. The highest BCUT2D eigenvalue weighted by atomic mass is 19.1. The molecule has 8 heteroatoms. The summed E-state index contributed by atoms with van der Waals surface area (Å²) >= 11 is 0. The molecule has 1 aliphatic rings. The lowest BCUT2D eigenvalue weighted by molar-refractivity contribution is -0.125. The van der Waals surface area contributed by atoms with E-state index >= 15 is 0 Å². The lowest BCUT2D eigenvalue weighted by atomic mass is 9.97. The average Bonchev–Trinajstić information content (AvgIpc) is 2.84. The van der Waals surface area contributed by atoms with Crippen LogP contribution >= 0.6 is 0 Å². The van der Waals surface area contributed by atoms with Crippen molar-refractivity contribution < 1.29 is 13.9 Å². The predicted octanol–water partition coefficient (Wildman–Crippen LogP) is 3.69. The molecule has 0 spiro atoms. The normalized spacial score (nSPS) is 15.9. The van der Waals surface area contributed by atoms with Crippen LogP contribution in [0.5, 0.6) is 5.75 Å². The number of hydrogen-bond acceptors (Lipinski definition) is 5. The fourth-order valence-corrected chi connectivity index (χ4v) is 4.03. The Bertz CT molecular complexity index is 1180. The van der Waals surface area contributed by atoms with Crippen molar-refractivity contribution >= 4 is 11.7 Å². The van der Waals surface area contributed by atoms with Gasteiger partial charge in [-0.2, -0.15) is 4.68 Å². The second kappa shape index (κ2) is 10.5. The van der Waals surface area contributed by atoms with Gasteiger partial charge in [0.2, 0.25) is 5.91 Å². The van der Waals surface area contributed by atoms with Gasteiger partial charge in [-0.05, 0) is 74.7 Å². The van der Waals surface area contributed by atoms with Gasteiger partial charge in [-0.15, -0.1) is 5.10 Å². The number of carbonyl (C=O) groups excluding carboxylic acids is 1. The van der Waals surface area contributed by atoms with E-state index in [2.05, 4.69) is 10.4 Å². The van der Waals surface area contributed by atoms with Crippen molar-refractivity contribution in [3.8, 4) is 11.4 Å². The summed E-state index contributed by atoms with van der Waals surface area (Å²) in [6.45, 7) is 5.67. The van der Waals surface area contributed by atoms with Crippen molar-refractivity contribution in [2.24, 2.45) is 5.92 Å². The average molecular weight is 465 g/mol. The van der Waals surface area contributed by atoms with Gasteiger partial charge in [0, 0.05) is 25.7 Å². The third-order valence-corrected chi connectivity index (χ3v) is 5.74. The summed E-state index contributed by atoms with van der Waals surface area (Å²) in [5, 5.41) is 7.51. The largest absolute Gasteiger partial charge is 0.491 e. The van der Waals surface area contributed by atoms with Crippen LogP contribution in [0.25, 0.3) is 5.69 Å². The highest BCUT2D eigenvalue weighted by Crippen LogP contribution is 2.22. The number of halogens is 1. The number of hydrogen-bond donors (Lipinski definition) is 1. The maximum Gasteiger partial charge on any atom is 0.271 e. The lowest BCUT2D eigenvalue weighted by Crippen LogP contribution is -2.43. The number of ether oxygens (including phenoxy) is 1. The zero-order valence-corrected chi connectivity index (χ0v) is 19.4. The van der Waals surface area contributed by atoms with Crippen molar-refractivity contribution in [2.45, 2.75) is 39.3 Å². The molecule has 0 aliphatic carbocycles. The quantitative estimate of drug-likeness (QED) is 0.577. The Kier molecular flexibility index (Phi) is 7.25. The number of amides is 1. The van der Waals surface area contributed by atoms with Crippen LogP contribution in [0.3, 0.4) is 0 Å². The minimum absolute atomic E-state index is 0.000868. The van der Waals surface area contributed by atoms with Crippen molar-refractivity contribution in [3.05, 3.63) is 82.4 Å². The molecular weight excluding hydrogens is 435 g/mol. The maximum absolute atomic E-state index is 13.3. The minimum Gasteiger partial charge on any atom is -0.491 e. The smallest absolute Gasteiger partial charge is 0.271 e. The van der Waals surface area contributed by atoms with E-state index in [1.165, 1.54) is 35.0 Å². The number of anilines is 1. The standard InChI is InChI=1S/C26H29FN4O3/c1-18(2)34-23-11-5-19(6-12-23)16-28-26(33)20-4-3-15-30(17-20)24-13-14-25(32)31(29-24)22-9-7-21(27)8-10-22/h5-14,18,20H,3-4,15-17H2,1-2H3,(H,28,33)/t20-/m0/s1. The molecule has 178 valence electrons. The molecule has 4 rings (SSSR count). The minimum atomic E-state index is -0.377. The fourth-order valence-electron chi connectivity index (χ4n) is 4.03. The van der Waals surface area contributed by atoms with Gasteiger partial charge in [-0.25, -0.2) is 4.39 Å². The Morgan fingerprint density at radius 3 is 2.56 bits per heavy atom. The van der Waals surface area contributed by atoms with E-state index in [9.17, 15) is 14.0 Å². The van der Waals surface area contributed by atoms with E-state index in [0.717, 1.165) is 30.7 Å². The van der Waals surface area contributed by atoms with Crippen molar-refractivity contribution in [1.29, 1.82) is 0 Å². The highest BCUT2D eigenvalue weighted by molar-refractivity contribution is 5.79. The van der Waals surface area contributed by atoms with E-state index in [-0.39, 0.29) is 29.3 Å².